The first-order chi connectivity index (χ1) is 12.5. The third-order valence-electron chi connectivity index (χ3n) is 3.42. The van der Waals surface area contributed by atoms with Crippen LogP contribution in [0.15, 0.2) is 28.9 Å². The first kappa shape index (κ1) is 19.7. The Morgan fingerprint density at radius 1 is 1.15 bits per heavy atom. The lowest BCUT2D eigenvalue weighted by Crippen LogP contribution is -2.41. The number of hydrogen-bond acceptors (Lipinski definition) is 5. The highest BCUT2D eigenvalue weighted by atomic mass is 35.5. The molecule has 0 fully saturated rings. The number of aryl methyl sites for hydroxylation is 1. The molecule has 1 heterocycles. The van der Waals surface area contributed by atoms with Crippen molar-refractivity contribution in [1.82, 2.24) is 10.9 Å². The van der Waals surface area contributed by atoms with E-state index in [2.05, 4.69) is 10.9 Å². The molecule has 0 aliphatic heterocycles. The van der Waals surface area contributed by atoms with Crippen molar-refractivity contribution in [2.75, 3.05) is 13.2 Å². The molecular weight excluding hydrogens is 360 g/mol. The number of hydrazine groups is 1. The molecule has 1 aromatic carbocycles. The van der Waals surface area contributed by atoms with E-state index in [1.165, 1.54) is 24.5 Å². The van der Waals surface area contributed by atoms with Crippen LogP contribution in [0.5, 0.6) is 11.5 Å². The molecule has 8 heteroatoms. The van der Waals surface area contributed by atoms with Gasteiger partial charge in [-0.2, -0.15) is 0 Å². The molecule has 0 atom stereocenters. The first-order valence-electron chi connectivity index (χ1n) is 8.21. The molecule has 0 saturated carbocycles. The second-order valence-corrected chi connectivity index (χ2v) is 5.77. The SMILES string of the molecule is CCCOc1c(Cl)cc(C(=O)NNC(=O)c2ccoc2C)cc1OCC. The van der Waals surface area contributed by atoms with Gasteiger partial charge in [-0.15, -0.1) is 0 Å². The normalized spacial score (nSPS) is 10.3. The van der Waals surface area contributed by atoms with Gasteiger partial charge in [-0.3, -0.25) is 20.4 Å². The monoisotopic (exact) mass is 380 g/mol. The van der Waals surface area contributed by atoms with E-state index in [0.29, 0.717) is 36.0 Å². The Bertz CT molecular complexity index is 788. The highest BCUT2D eigenvalue weighted by Gasteiger charge is 2.18. The van der Waals surface area contributed by atoms with Crippen LogP contribution in [-0.2, 0) is 0 Å². The summed E-state index contributed by atoms with van der Waals surface area (Å²) in [6, 6.07) is 4.49. The third-order valence-corrected chi connectivity index (χ3v) is 3.70. The van der Waals surface area contributed by atoms with Gasteiger partial charge < -0.3 is 13.9 Å². The summed E-state index contributed by atoms with van der Waals surface area (Å²) in [5, 5.41) is 0.256. The molecular formula is C18H21ClN2O5. The molecule has 140 valence electrons. The standard InChI is InChI=1S/C18H21ClN2O5/c1-4-7-26-16-14(19)9-12(10-15(16)24-5-2)17(22)20-21-18(23)13-6-8-25-11(13)3/h6,8-10H,4-5,7H2,1-3H3,(H,20,22)(H,21,23). The number of carbonyl (C=O) groups is 2. The van der Waals surface area contributed by atoms with Crippen molar-refractivity contribution in [3.05, 3.63) is 46.4 Å². The number of amides is 2. The molecule has 1 aromatic heterocycles. The van der Waals surface area contributed by atoms with Crippen molar-refractivity contribution in [2.24, 2.45) is 0 Å². The molecule has 0 aliphatic carbocycles. The van der Waals surface area contributed by atoms with E-state index in [-0.39, 0.29) is 10.6 Å². The van der Waals surface area contributed by atoms with Gasteiger partial charge in [0.2, 0.25) is 0 Å². The molecule has 0 spiro atoms. The molecule has 0 aliphatic rings. The summed E-state index contributed by atoms with van der Waals surface area (Å²) >= 11 is 6.23. The summed E-state index contributed by atoms with van der Waals surface area (Å²) in [5.74, 6) is 0.199. The quantitative estimate of drug-likeness (QED) is 0.717. The average Bonchev–Trinajstić information content (AvgIpc) is 3.05. The molecule has 0 unspecified atom stereocenters. The number of rotatable bonds is 7. The lowest BCUT2D eigenvalue weighted by atomic mass is 10.2. The van der Waals surface area contributed by atoms with Gasteiger partial charge in [0.15, 0.2) is 11.5 Å². The maximum absolute atomic E-state index is 12.3. The molecule has 2 N–H and O–H groups in total. The number of benzene rings is 1. The summed E-state index contributed by atoms with van der Waals surface area (Å²) in [7, 11) is 0. The smallest absolute Gasteiger partial charge is 0.273 e. The zero-order valence-electron chi connectivity index (χ0n) is 14.8. The molecule has 2 amide bonds. The maximum Gasteiger partial charge on any atom is 0.273 e. The van der Waals surface area contributed by atoms with E-state index < -0.39 is 11.8 Å². The van der Waals surface area contributed by atoms with Gasteiger partial charge in [-0.05, 0) is 38.5 Å². The van der Waals surface area contributed by atoms with Crippen LogP contribution in [0.3, 0.4) is 0 Å². The Morgan fingerprint density at radius 3 is 2.50 bits per heavy atom. The fourth-order valence-electron chi connectivity index (χ4n) is 2.18. The van der Waals surface area contributed by atoms with E-state index in [4.69, 9.17) is 25.5 Å². The minimum Gasteiger partial charge on any atom is -0.490 e. The van der Waals surface area contributed by atoms with Crippen LogP contribution in [0.25, 0.3) is 0 Å². The number of nitrogens with one attached hydrogen (secondary N) is 2. The van der Waals surface area contributed by atoms with Gasteiger partial charge in [0.25, 0.3) is 11.8 Å². The highest BCUT2D eigenvalue weighted by molar-refractivity contribution is 6.32. The second kappa shape index (κ2) is 9.15. The lowest BCUT2D eigenvalue weighted by Gasteiger charge is -2.15. The zero-order chi connectivity index (χ0) is 19.1. The number of ether oxygens (including phenoxy) is 2. The van der Waals surface area contributed by atoms with Crippen molar-refractivity contribution >= 4 is 23.4 Å². The van der Waals surface area contributed by atoms with E-state index in [1.54, 1.807) is 6.92 Å². The van der Waals surface area contributed by atoms with Gasteiger partial charge in [0.1, 0.15) is 5.76 Å². The Kier molecular flexibility index (Phi) is 6.91. The largest absolute Gasteiger partial charge is 0.490 e. The minimum absolute atomic E-state index is 0.228. The fraction of sp³-hybridized carbons (Fsp3) is 0.333. The average molecular weight is 381 g/mol. The Labute approximate surface area is 156 Å². The lowest BCUT2D eigenvalue weighted by molar-refractivity contribution is 0.0845. The predicted molar refractivity (Wildman–Crippen MR) is 96.8 cm³/mol. The topological polar surface area (TPSA) is 89.8 Å². The summed E-state index contributed by atoms with van der Waals surface area (Å²) in [6.45, 7) is 6.31. The Morgan fingerprint density at radius 2 is 1.88 bits per heavy atom. The summed E-state index contributed by atoms with van der Waals surface area (Å²) in [5.41, 5.74) is 5.23. The fourth-order valence-corrected chi connectivity index (χ4v) is 2.45. The molecule has 2 aromatic rings. The van der Waals surface area contributed by atoms with Crippen LogP contribution in [-0.4, -0.2) is 25.0 Å². The zero-order valence-corrected chi connectivity index (χ0v) is 15.6. The Hall–Kier alpha value is -2.67. The van der Waals surface area contributed by atoms with Crippen molar-refractivity contribution in [3.63, 3.8) is 0 Å². The van der Waals surface area contributed by atoms with Gasteiger partial charge in [-0.25, -0.2) is 0 Å². The van der Waals surface area contributed by atoms with Crippen LogP contribution < -0.4 is 20.3 Å². The summed E-state index contributed by atoms with van der Waals surface area (Å²) in [6.07, 6.45) is 2.21. The predicted octanol–water partition coefficient (Wildman–Crippen LogP) is 3.50. The number of furan rings is 1. The van der Waals surface area contributed by atoms with Crippen LogP contribution in [0.4, 0.5) is 0 Å². The minimum atomic E-state index is -0.538. The first-order valence-corrected chi connectivity index (χ1v) is 8.59. The van der Waals surface area contributed by atoms with Gasteiger partial charge in [0, 0.05) is 5.56 Å². The van der Waals surface area contributed by atoms with Crippen LogP contribution in [0.1, 0.15) is 46.7 Å². The van der Waals surface area contributed by atoms with E-state index in [1.807, 2.05) is 13.8 Å². The van der Waals surface area contributed by atoms with Crippen molar-refractivity contribution in [2.45, 2.75) is 27.2 Å². The van der Waals surface area contributed by atoms with Crippen molar-refractivity contribution < 1.29 is 23.5 Å². The van der Waals surface area contributed by atoms with Crippen molar-refractivity contribution in [1.29, 1.82) is 0 Å². The van der Waals surface area contributed by atoms with Gasteiger partial charge >= 0.3 is 0 Å². The second-order valence-electron chi connectivity index (χ2n) is 5.37. The molecule has 2 rings (SSSR count). The van der Waals surface area contributed by atoms with E-state index >= 15 is 0 Å². The maximum atomic E-state index is 12.3. The third kappa shape index (κ3) is 4.70. The number of halogens is 1. The van der Waals surface area contributed by atoms with E-state index in [0.717, 1.165) is 6.42 Å². The molecule has 0 radical (unpaired) electrons. The van der Waals surface area contributed by atoms with Crippen LogP contribution in [0, 0.1) is 6.92 Å². The number of hydrogen-bond donors (Lipinski definition) is 2. The molecule has 26 heavy (non-hydrogen) atoms. The van der Waals surface area contributed by atoms with E-state index in [9.17, 15) is 9.59 Å². The summed E-state index contributed by atoms with van der Waals surface area (Å²) in [4.78, 5) is 24.3. The molecule has 0 bridgehead atoms. The molecule has 0 saturated heterocycles. The number of carbonyl (C=O) groups excluding carboxylic acids is 2. The van der Waals surface area contributed by atoms with Gasteiger partial charge in [0.05, 0.1) is 30.1 Å². The Balaban J connectivity index is 2.12. The molecule has 7 nitrogen and oxygen atoms in total. The van der Waals surface area contributed by atoms with Gasteiger partial charge in [-0.1, -0.05) is 18.5 Å². The van der Waals surface area contributed by atoms with Crippen LogP contribution in [0.2, 0.25) is 5.02 Å². The highest BCUT2D eigenvalue weighted by Crippen LogP contribution is 2.36. The van der Waals surface area contributed by atoms with Crippen molar-refractivity contribution in [3.8, 4) is 11.5 Å². The summed E-state index contributed by atoms with van der Waals surface area (Å²) < 4.78 is 16.2. The van der Waals surface area contributed by atoms with Crippen LogP contribution >= 0.6 is 11.6 Å².